The first-order valence-electron chi connectivity index (χ1n) is 5.52. The second-order valence-corrected chi connectivity index (χ2v) is 6.19. The quantitative estimate of drug-likeness (QED) is 0.632. The smallest absolute Gasteiger partial charge is 0.327 e. The molecule has 1 saturated carbocycles. The maximum Gasteiger partial charge on any atom is 0.327 e. The molecule has 1 unspecified atom stereocenters. The number of thioether (sulfide) groups is 1. The van der Waals surface area contributed by atoms with Crippen LogP contribution in [0.2, 0.25) is 0 Å². The van der Waals surface area contributed by atoms with Gasteiger partial charge in [-0.3, -0.25) is 4.79 Å². The number of ether oxygens (including phenoxy) is 1. The number of aromatic nitrogens is 1. The van der Waals surface area contributed by atoms with Crippen LogP contribution in [0.3, 0.4) is 0 Å². The second-order valence-electron chi connectivity index (χ2n) is 4.07. The van der Waals surface area contributed by atoms with E-state index >= 15 is 0 Å². The predicted octanol–water partition coefficient (Wildman–Crippen LogP) is 1.78. The SMILES string of the molecule is CNC(CSc1nccs1)(C(=O)OC)C1CC1. The molecule has 6 heteroatoms. The summed E-state index contributed by atoms with van der Waals surface area (Å²) < 4.78 is 5.94. The van der Waals surface area contributed by atoms with Gasteiger partial charge in [0.1, 0.15) is 9.88 Å². The fourth-order valence-electron chi connectivity index (χ4n) is 1.94. The van der Waals surface area contributed by atoms with Crippen molar-refractivity contribution in [3.05, 3.63) is 11.6 Å². The molecule has 0 bridgehead atoms. The van der Waals surface area contributed by atoms with E-state index in [9.17, 15) is 4.79 Å². The van der Waals surface area contributed by atoms with Crippen LogP contribution in [-0.4, -0.2) is 36.4 Å². The predicted molar refractivity (Wildman–Crippen MR) is 69.4 cm³/mol. The van der Waals surface area contributed by atoms with Crippen molar-refractivity contribution in [3.63, 3.8) is 0 Å². The highest BCUT2D eigenvalue weighted by Crippen LogP contribution is 2.43. The number of hydrogen-bond acceptors (Lipinski definition) is 6. The molecule has 1 heterocycles. The minimum absolute atomic E-state index is 0.161. The van der Waals surface area contributed by atoms with Crippen LogP contribution in [0.25, 0.3) is 0 Å². The molecule has 1 fully saturated rings. The van der Waals surface area contributed by atoms with Crippen LogP contribution in [0.4, 0.5) is 0 Å². The summed E-state index contributed by atoms with van der Waals surface area (Å²) in [5, 5.41) is 5.12. The van der Waals surface area contributed by atoms with Crippen molar-refractivity contribution in [3.8, 4) is 0 Å². The third-order valence-corrected chi connectivity index (χ3v) is 5.26. The zero-order valence-corrected chi connectivity index (χ0v) is 11.6. The average Bonchev–Trinajstić information content (AvgIpc) is 3.07. The van der Waals surface area contributed by atoms with Crippen molar-refractivity contribution in [1.82, 2.24) is 10.3 Å². The molecule has 1 aromatic rings. The summed E-state index contributed by atoms with van der Waals surface area (Å²) in [4.78, 5) is 16.2. The molecule has 0 saturated heterocycles. The van der Waals surface area contributed by atoms with Gasteiger partial charge in [-0.05, 0) is 25.8 Å². The van der Waals surface area contributed by atoms with Gasteiger partial charge in [-0.2, -0.15) is 0 Å². The summed E-state index contributed by atoms with van der Waals surface area (Å²) in [6.45, 7) is 0. The lowest BCUT2D eigenvalue weighted by atomic mass is 9.96. The Hall–Kier alpha value is -0.590. The van der Waals surface area contributed by atoms with E-state index in [0.717, 1.165) is 17.2 Å². The van der Waals surface area contributed by atoms with Crippen LogP contribution in [0, 0.1) is 5.92 Å². The molecule has 0 amide bonds. The molecular formula is C11H16N2O2S2. The molecular weight excluding hydrogens is 256 g/mol. The Morgan fingerprint density at radius 3 is 3.00 bits per heavy atom. The molecule has 0 aromatic carbocycles. The molecule has 1 aromatic heterocycles. The minimum atomic E-state index is -0.551. The number of methoxy groups -OCH3 is 1. The van der Waals surface area contributed by atoms with Crippen molar-refractivity contribution in [2.24, 2.45) is 5.92 Å². The molecule has 1 atom stereocenters. The number of rotatable bonds is 6. The van der Waals surface area contributed by atoms with Gasteiger partial charge >= 0.3 is 5.97 Å². The van der Waals surface area contributed by atoms with Gasteiger partial charge in [-0.15, -0.1) is 11.3 Å². The topological polar surface area (TPSA) is 51.2 Å². The highest BCUT2D eigenvalue weighted by molar-refractivity contribution is 8.01. The van der Waals surface area contributed by atoms with Gasteiger partial charge in [0.25, 0.3) is 0 Å². The molecule has 1 aliphatic carbocycles. The lowest BCUT2D eigenvalue weighted by molar-refractivity contribution is -0.148. The standard InChI is InChI=1S/C11H16N2O2S2/c1-12-11(8-3-4-8,9(14)15-2)7-17-10-13-5-6-16-10/h5-6,8,12H,3-4,7H2,1-2H3. The van der Waals surface area contributed by atoms with Gasteiger partial charge in [-0.1, -0.05) is 11.8 Å². The fourth-order valence-corrected chi connectivity index (χ4v) is 3.90. The largest absolute Gasteiger partial charge is 0.468 e. The number of carbonyl (C=O) groups is 1. The minimum Gasteiger partial charge on any atom is -0.468 e. The number of thiazole rings is 1. The summed E-state index contributed by atoms with van der Waals surface area (Å²) in [5.41, 5.74) is -0.551. The van der Waals surface area contributed by atoms with E-state index in [0.29, 0.717) is 11.7 Å². The Kier molecular flexibility index (Phi) is 4.06. The summed E-state index contributed by atoms with van der Waals surface area (Å²) in [6.07, 6.45) is 3.96. The van der Waals surface area contributed by atoms with Crippen LogP contribution in [0.15, 0.2) is 15.9 Å². The molecule has 2 rings (SSSR count). The zero-order chi connectivity index (χ0) is 12.3. The summed E-state index contributed by atoms with van der Waals surface area (Å²) >= 11 is 3.21. The van der Waals surface area contributed by atoms with Crippen LogP contribution in [0.5, 0.6) is 0 Å². The molecule has 0 radical (unpaired) electrons. The Bertz CT molecular complexity index is 379. The fraction of sp³-hybridized carbons (Fsp3) is 0.636. The maximum atomic E-state index is 12.0. The van der Waals surface area contributed by atoms with Crippen LogP contribution in [-0.2, 0) is 9.53 Å². The van der Waals surface area contributed by atoms with Crippen molar-refractivity contribution in [2.45, 2.75) is 22.7 Å². The molecule has 0 aliphatic heterocycles. The number of esters is 1. The molecule has 1 N–H and O–H groups in total. The van der Waals surface area contributed by atoms with E-state index in [1.54, 1.807) is 29.3 Å². The molecule has 0 spiro atoms. The Labute approximate surface area is 109 Å². The van der Waals surface area contributed by atoms with E-state index < -0.39 is 5.54 Å². The first-order chi connectivity index (χ1) is 8.23. The average molecular weight is 272 g/mol. The van der Waals surface area contributed by atoms with E-state index in [4.69, 9.17) is 4.74 Å². The highest BCUT2D eigenvalue weighted by atomic mass is 32.2. The van der Waals surface area contributed by atoms with E-state index in [1.807, 2.05) is 12.4 Å². The Morgan fingerprint density at radius 2 is 2.53 bits per heavy atom. The molecule has 17 heavy (non-hydrogen) atoms. The number of likely N-dealkylation sites (N-methyl/N-ethyl adjacent to an activating group) is 1. The maximum absolute atomic E-state index is 12.0. The van der Waals surface area contributed by atoms with Gasteiger partial charge in [0.05, 0.1) is 7.11 Å². The van der Waals surface area contributed by atoms with Gasteiger partial charge in [-0.25, -0.2) is 4.98 Å². The van der Waals surface area contributed by atoms with Gasteiger partial charge in [0.2, 0.25) is 0 Å². The Balaban J connectivity index is 2.07. The van der Waals surface area contributed by atoms with Crippen LogP contribution < -0.4 is 5.32 Å². The van der Waals surface area contributed by atoms with Crippen LogP contribution in [0.1, 0.15) is 12.8 Å². The molecule has 94 valence electrons. The molecule has 1 aliphatic rings. The summed E-state index contributed by atoms with van der Waals surface area (Å²) in [5.74, 6) is 0.910. The Morgan fingerprint density at radius 1 is 1.76 bits per heavy atom. The monoisotopic (exact) mass is 272 g/mol. The summed E-state index contributed by atoms with van der Waals surface area (Å²) in [7, 11) is 3.28. The van der Waals surface area contributed by atoms with E-state index in [1.165, 1.54) is 7.11 Å². The van der Waals surface area contributed by atoms with Gasteiger partial charge in [0.15, 0.2) is 0 Å². The number of nitrogens with one attached hydrogen (secondary N) is 1. The van der Waals surface area contributed by atoms with Crippen molar-refractivity contribution in [1.29, 1.82) is 0 Å². The second kappa shape index (κ2) is 5.37. The lowest BCUT2D eigenvalue weighted by Crippen LogP contribution is -2.55. The third kappa shape index (κ3) is 2.64. The normalized spacial score (nSPS) is 18.7. The van der Waals surface area contributed by atoms with E-state index in [-0.39, 0.29) is 5.97 Å². The summed E-state index contributed by atoms with van der Waals surface area (Å²) in [6, 6.07) is 0. The van der Waals surface area contributed by atoms with Crippen molar-refractivity contribution < 1.29 is 9.53 Å². The highest BCUT2D eigenvalue weighted by Gasteiger charge is 2.51. The number of hydrogen-bond donors (Lipinski definition) is 1. The van der Waals surface area contributed by atoms with Gasteiger partial charge < -0.3 is 10.1 Å². The zero-order valence-electron chi connectivity index (χ0n) is 9.93. The van der Waals surface area contributed by atoms with Crippen molar-refractivity contribution in [2.75, 3.05) is 19.9 Å². The number of carbonyl (C=O) groups excluding carboxylic acids is 1. The first-order valence-corrected chi connectivity index (χ1v) is 7.39. The first kappa shape index (κ1) is 12.9. The van der Waals surface area contributed by atoms with Crippen molar-refractivity contribution >= 4 is 29.1 Å². The molecule has 4 nitrogen and oxygen atoms in total. The number of nitrogens with zero attached hydrogens (tertiary/aromatic N) is 1. The third-order valence-electron chi connectivity index (χ3n) is 3.10. The van der Waals surface area contributed by atoms with E-state index in [2.05, 4.69) is 10.3 Å². The lowest BCUT2D eigenvalue weighted by Gasteiger charge is -2.30. The van der Waals surface area contributed by atoms with Crippen LogP contribution >= 0.6 is 23.1 Å². The van der Waals surface area contributed by atoms with Gasteiger partial charge in [0, 0.05) is 17.3 Å².